The van der Waals surface area contributed by atoms with E-state index >= 15 is 0 Å². The summed E-state index contributed by atoms with van der Waals surface area (Å²) < 4.78 is 33.7. The second-order valence-corrected chi connectivity index (χ2v) is 23.2. The lowest BCUT2D eigenvalue weighted by atomic mass is 9.72. The fraction of sp³-hybridized carbons (Fsp3) is 0.638. The van der Waals surface area contributed by atoms with Gasteiger partial charge >= 0.3 is 35.8 Å². The summed E-state index contributed by atoms with van der Waals surface area (Å²) in [7, 11) is 0. The maximum Gasteiger partial charge on any atom is 0.349 e. The van der Waals surface area contributed by atoms with Gasteiger partial charge in [-0.15, -0.1) is 0 Å². The van der Waals surface area contributed by atoms with Crippen molar-refractivity contribution < 1.29 is 72.5 Å². The normalized spacial score (nSPS) is 21.7. The van der Waals surface area contributed by atoms with Crippen LogP contribution in [0.25, 0.3) is 4.85 Å². The largest absolute Gasteiger partial charge is 0.470 e. The summed E-state index contributed by atoms with van der Waals surface area (Å²) in [5.74, 6) is -7.22. The van der Waals surface area contributed by atoms with E-state index in [0.29, 0.717) is 75.6 Å². The standard InChI is InChI=1S/C58H76N6O15/c1-56(2)26-38(46(52(70)74-23-20-65)43(29-56)62-14-8-9-15-62)41(32-59)50(68)77-34-37(35-78-51(69)42(33-60)39-27-57(3,4)30-44(63-16-10-11-17-63)47(39)53(71)75-24-21-66)36-79-55(73)49(61-7)40-28-58(5,6)31-45(64-18-12-13-19-64)48(40)54(72)76-25-22-67/h37,65-67H,8-31,34-36H2,1-6H3/b41-38+,42-39+,49-40-. The highest BCUT2D eigenvalue weighted by Crippen LogP contribution is 2.48. The minimum atomic E-state index is -1.25. The average molecular weight is 1100 g/mol. The zero-order valence-corrected chi connectivity index (χ0v) is 46.6. The van der Waals surface area contributed by atoms with Crippen LogP contribution in [0.15, 0.2) is 67.4 Å². The fourth-order valence-electron chi connectivity index (χ4n) is 11.4. The van der Waals surface area contributed by atoms with Crippen molar-refractivity contribution in [1.82, 2.24) is 14.7 Å². The molecule has 0 unspecified atom stereocenters. The van der Waals surface area contributed by atoms with Crippen LogP contribution in [0.2, 0.25) is 0 Å². The van der Waals surface area contributed by atoms with Crippen LogP contribution >= 0.6 is 0 Å². The number of likely N-dealkylation sites (tertiary alicyclic amines) is 3. The van der Waals surface area contributed by atoms with Crippen LogP contribution in [0.4, 0.5) is 0 Å². The molecule has 0 aromatic heterocycles. The molecule has 21 nitrogen and oxygen atoms in total. The molecule has 428 valence electrons. The Hall–Kier alpha value is -6.99. The van der Waals surface area contributed by atoms with Gasteiger partial charge in [-0.25, -0.2) is 28.8 Å². The minimum absolute atomic E-state index is 0.0271. The van der Waals surface area contributed by atoms with Gasteiger partial charge in [0.15, 0.2) is 0 Å². The van der Waals surface area contributed by atoms with Crippen LogP contribution in [0.3, 0.4) is 0 Å². The number of aliphatic hydroxyl groups is 3. The highest BCUT2D eigenvalue weighted by atomic mass is 16.6. The minimum Gasteiger partial charge on any atom is -0.470 e. The van der Waals surface area contributed by atoms with E-state index in [1.54, 1.807) is 0 Å². The van der Waals surface area contributed by atoms with E-state index in [2.05, 4.69) is 4.85 Å². The molecule has 3 aliphatic carbocycles. The predicted molar refractivity (Wildman–Crippen MR) is 282 cm³/mol. The second kappa shape index (κ2) is 27.3. The molecule has 0 radical (unpaired) electrons. The SMILES string of the molecule is [C-]#[N+]/C(C(=O)OCC(COC(=O)/C(C#N)=C1\CC(C)(C)CC(N2CCCC2)=C1C(=O)OCCO)COC(=O)/C(C#N)=C1\CC(C)(C)CC(N2CCCC2)=C1C(=O)OCCO)=C1/CC(C)(C)CC(N2CCCC2)=C1C(=O)OCCO. The first-order chi connectivity index (χ1) is 37.6. The number of rotatable bonds is 21. The van der Waals surface area contributed by atoms with Crippen molar-refractivity contribution in [2.45, 2.75) is 119 Å². The van der Waals surface area contributed by atoms with Crippen molar-refractivity contribution >= 4 is 35.8 Å². The van der Waals surface area contributed by atoms with Gasteiger partial charge < -0.3 is 58.4 Å². The molecule has 0 aromatic carbocycles. The number of ether oxygens (including phenoxy) is 6. The lowest BCUT2D eigenvalue weighted by molar-refractivity contribution is -0.148. The predicted octanol–water partition coefficient (Wildman–Crippen LogP) is 5.16. The molecule has 6 rings (SSSR count). The zero-order chi connectivity index (χ0) is 57.7. The Kier molecular flexibility index (Phi) is 21.1. The summed E-state index contributed by atoms with van der Waals surface area (Å²) in [6, 6.07) is 3.88. The molecule has 0 atom stereocenters. The Labute approximate surface area is 462 Å². The highest BCUT2D eigenvalue weighted by molar-refractivity contribution is 6.03. The van der Waals surface area contributed by atoms with E-state index < -0.39 is 114 Å². The number of hydrogen-bond donors (Lipinski definition) is 3. The summed E-state index contributed by atoms with van der Waals surface area (Å²) in [6.07, 6.45) is 6.67. The van der Waals surface area contributed by atoms with Crippen molar-refractivity contribution in [3.8, 4) is 12.1 Å². The van der Waals surface area contributed by atoms with Gasteiger partial charge in [0, 0.05) is 56.4 Å². The number of aliphatic hydroxyl groups excluding tert-OH is 3. The fourth-order valence-corrected chi connectivity index (χ4v) is 11.4. The Balaban J connectivity index is 1.39. The van der Waals surface area contributed by atoms with Gasteiger partial charge in [-0.05, 0) is 110 Å². The molecule has 79 heavy (non-hydrogen) atoms. The van der Waals surface area contributed by atoms with Crippen LogP contribution in [0.1, 0.15) is 119 Å². The molecular formula is C58H76N6O15. The van der Waals surface area contributed by atoms with Crippen LogP contribution in [0.5, 0.6) is 0 Å². The molecule has 3 aliphatic heterocycles. The smallest absolute Gasteiger partial charge is 0.349 e. The molecule has 0 spiro atoms. The van der Waals surface area contributed by atoms with Crippen molar-refractivity contribution in [2.75, 3.05) is 98.7 Å². The molecule has 0 amide bonds. The van der Waals surface area contributed by atoms with Crippen molar-refractivity contribution in [3.05, 3.63) is 78.8 Å². The summed E-state index contributed by atoms with van der Waals surface area (Å²) in [4.78, 5) is 94.3. The van der Waals surface area contributed by atoms with Crippen molar-refractivity contribution in [3.63, 3.8) is 0 Å². The van der Waals surface area contributed by atoms with E-state index in [1.165, 1.54) is 0 Å². The van der Waals surface area contributed by atoms with Crippen molar-refractivity contribution in [2.24, 2.45) is 22.2 Å². The lowest BCUT2D eigenvalue weighted by Crippen LogP contribution is -2.34. The number of carbonyl (C=O) groups excluding carboxylic acids is 6. The van der Waals surface area contributed by atoms with Gasteiger partial charge in [0.1, 0.15) is 56.3 Å². The Morgan fingerprint density at radius 1 is 0.494 bits per heavy atom. The third-order valence-corrected chi connectivity index (χ3v) is 14.9. The van der Waals surface area contributed by atoms with Gasteiger partial charge in [0.2, 0.25) is 0 Å². The maximum atomic E-state index is 14.4. The molecule has 0 aromatic rings. The number of nitriles is 2. The van der Waals surface area contributed by atoms with E-state index in [1.807, 2.05) is 68.4 Å². The highest BCUT2D eigenvalue weighted by Gasteiger charge is 2.44. The number of esters is 6. The molecule has 3 heterocycles. The van der Waals surface area contributed by atoms with Crippen LogP contribution in [-0.4, -0.2) is 165 Å². The van der Waals surface area contributed by atoms with E-state index in [-0.39, 0.29) is 72.5 Å². The van der Waals surface area contributed by atoms with Crippen LogP contribution in [0, 0.1) is 51.4 Å². The summed E-state index contributed by atoms with van der Waals surface area (Å²) in [5.41, 5.74) is -1.06. The molecule has 0 bridgehead atoms. The van der Waals surface area contributed by atoms with E-state index in [4.69, 9.17) is 35.0 Å². The third kappa shape index (κ3) is 15.2. The van der Waals surface area contributed by atoms with Gasteiger partial charge in [0.05, 0.1) is 55.6 Å². The summed E-state index contributed by atoms with van der Waals surface area (Å²) in [6.45, 7) is 19.2. The van der Waals surface area contributed by atoms with Crippen LogP contribution in [-0.2, 0) is 57.2 Å². The Bertz CT molecular complexity index is 2410. The number of allylic oxidation sites excluding steroid dienone is 3. The van der Waals surface area contributed by atoms with Gasteiger partial charge in [0.25, 0.3) is 5.70 Å². The molecule has 3 fully saturated rings. The summed E-state index contributed by atoms with van der Waals surface area (Å²) >= 11 is 0. The molecule has 6 aliphatic rings. The molecule has 3 saturated heterocycles. The topological polar surface area (TPSA) is 280 Å². The first-order valence-corrected chi connectivity index (χ1v) is 27.3. The maximum absolute atomic E-state index is 14.4. The molecular weight excluding hydrogens is 1020 g/mol. The van der Waals surface area contributed by atoms with Crippen molar-refractivity contribution in [1.29, 1.82) is 10.5 Å². The quantitative estimate of drug-likeness (QED) is 0.0440. The monoisotopic (exact) mass is 1100 g/mol. The third-order valence-electron chi connectivity index (χ3n) is 14.9. The van der Waals surface area contributed by atoms with Gasteiger partial charge in [-0.1, -0.05) is 41.5 Å². The Morgan fingerprint density at radius 2 is 0.785 bits per heavy atom. The molecule has 0 saturated carbocycles. The second-order valence-electron chi connectivity index (χ2n) is 23.2. The summed E-state index contributed by atoms with van der Waals surface area (Å²) in [5, 5.41) is 50.1. The molecule has 3 N–H and O–H groups in total. The Morgan fingerprint density at radius 3 is 1.08 bits per heavy atom. The first-order valence-electron chi connectivity index (χ1n) is 27.3. The van der Waals surface area contributed by atoms with Gasteiger partial charge in [-0.2, -0.15) is 10.5 Å². The number of nitrogens with zero attached hydrogens (tertiary/aromatic N) is 6. The van der Waals surface area contributed by atoms with Gasteiger partial charge in [-0.3, -0.25) is 4.79 Å². The average Bonchev–Trinajstić information content (AvgIpc) is 4.34. The van der Waals surface area contributed by atoms with E-state index in [9.17, 15) is 54.6 Å². The van der Waals surface area contributed by atoms with Crippen LogP contribution < -0.4 is 0 Å². The van der Waals surface area contributed by atoms with E-state index in [0.717, 1.165) is 38.5 Å². The zero-order valence-electron chi connectivity index (χ0n) is 46.6. The lowest BCUT2D eigenvalue weighted by Gasteiger charge is -2.38. The first kappa shape index (κ1) is 61.2. The number of hydrogen-bond acceptors (Lipinski definition) is 20. The molecule has 21 heteroatoms. The number of carbonyl (C=O) groups is 6.